The number of rotatable bonds is 2. The number of hydrogen-bond donors (Lipinski definition) is 1. The molecule has 5 heteroatoms. The van der Waals surface area contributed by atoms with Crippen LogP contribution in [0.5, 0.6) is 0 Å². The molecule has 0 aliphatic heterocycles. The van der Waals surface area contributed by atoms with E-state index >= 15 is 0 Å². The summed E-state index contributed by atoms with van der Waals surface area (Å²) in [6.45, 7) is 0. The van der Waals surface area contributed by atoms with Gasteiger partial charge in [0.25, 0.3) is 0 Å². The van der Waals surface area contributed by atoms with Crippen molar-refractivity contribution < 1.29 is 4.42 Å². The van der Waals surface area contributed by atoms with Crippen LogP contribution in [-0.4, -0.2) is 11.6 Å². The van der Waals surface area contributed by atoms with Crippen molar-refractivity contribution in [3.63, 3.8) is 0 Å². The minimum Gasteiger partial charge on any atom is -0.408 e. The molecule has 0 spiro atoms. The maximum absolute atomic E-state index is 11.5. The van der Waals surface area contributed by atoms with E-state index in [9.17, 15) is 4.79 Å². The van der Waals surface area contributed by atoms with Crippen LogP contribution in [0, 0.1) is 0 Å². The summed E-state index contributed by atoms with van der Waals surface area (Å²) in [6, 6.07) is 13.3. The highest BCUT2D eigenvalue weighted by Crippen LogP contribution is 2.27. The summed E-state index contributed by atoms with van der Waals surface area (Å²) < 4.78 is 6.69. The van der Waals surface area contributed by atoms with Crippen molar-refractivity contribution in [2.45, 2.75) is 0 Å². The van der Waals surface area contributed by atoms with Crippen molar-refractivity contribution in [2.24, 2.45) is 7.05 Å². The van der Waals surface area contributed by atoms with Crippen molar-refractivity contribution in [3.8, 4) is 0 Å². The maximum Gasteiger partial charge on any atom is 0.419 e. The normalized spacial score (nSPS) is 10.9. The summed E-state index contributed by atoms with van der Waals surface area (Å²) in [5.74, 6) is -0.358. The van der Waals surface area contributed by atoms with E-state index in [1.807, 2.05) is 54.4 Å². The van der Waals surface area contributed by atoms with Crippen molar-refractivity contribution in [3.05, 3.63) is 53.0 Å². The van der Waals surface area contributed by atoms with Crippen LogP contribution in [0.4, 0.5) is 17.1 Å². The van der Waals surface area contributed by atoms with Gasteiger partial charge >= 0.3 is 5.76 Å². The van der Waals surface area contributed by atoms with Gasteiger partial charge in [-0.1, -0.05) is 6.07 Å². The Kier molecular flexibility index (Phi) is 2.75. The van der Waals surface area contributed by atoms with Crippen LogP contribution in [0.25, 0.3) is 11.1 Å². The molecule has 3 rings (SSSR count). The van der Waals surface area contributed by atoms with Crippen LogP contribution >= 0.6 is 0 Å². The highest BCUT2D eigenvalue weighted by Gasteiger charge is 2.09. The third-order valence-electron chi connectivity index (χ3n) is 3.42. The summed E-state index contributed by atoms with van der Waals surface area (Å²) in [4.78, 5) is 13.5. The van der Waals surface area contributed by atoms with Crippen LogP contribution in [0.2, 0.25) is 0 Å². The molecule has 0 saturated heterocycles. The molecule has 0 atom stereocenters. The highest BCUT2D eigenvalue weighted by atomic mass is 16.4. The largest absolute Gasteiger partial charge is 0.419 e. The number of nitrogens with two attached hydrogens (primary N) is 1. The Hall–Kier alpha value is -2.69. The zero-order valence-electron chi connectivity index (χ0n) is 11.3. The molecule has 102 valence electrons. The Bertz CT molecular complexity index is 832. The smallest absolute Gasteiger partial charge is 0.408 e. The lowest BCUT2D eigenvalue weighted by Crippen LogP contribution is -2.09. The maximum atomic E-state index is 11.5. The first kappa shape index (κ1) is 12.3. The van der Waals surface area contributed by atoms with Gasteiger partial charge in [0.05, 0.1) is 5.52 Å². The number of aryl methyl sites for hydroxylation is 1. The van der Waals surface area contributed by atoms with E-state index < -0.39 is 0 Å². The average molecular weight is 269 g/mol. The van der Waals surface area contributed by atoms with Crippen molar-refractivity contribution in [2.75, 3.05) is 17.7 Å². The number of fused-ring (bicyclic) bond motifs is 1. The van der Waals surface area contributed by atoms with Crippen molar-refractivity contribution >= 4 is 28.2 Å². The Morgan fingerprint density at radius 2 is 1.90 bits per heavy atom. The van der Waals surface area contributed by atoms with Gasteiger partial charge in [-0.05, 0) is 30.3 Å². The van der Waals surface area contributed by atoms with Crippen LogP contribution in [0.1, 0.15) is 0 Å². The molecule has 20 heavy (non-hydrogen) atoms. The van der Waals surface area contributed by atoms with Gasteiger partial charge in [0.2, 0.25) is 0 Å². The quantitative estimate of drug-likeness (QED) is 0.726. The SMILES string of the molecule is CN(c1cccc(N)c1)c1ccc2c(c1)oc(=O)n2C. The fraction of sp³-hybridized carbons (Fsp3) is 0.133. The fourth-order valence-electron chi connectivity index (χ4n) is 2.21. The van der Waals surface area contributed by atoms with Crippen molar-refractivity contribution in [1.82, 2.24) is 4.57 Å². The van der Waals surface area contributed by atoms with Gasteiger partial charge in [0.15, 0.2) is 5.58 Å². The second-order valence-corrected chi connectivity index (χ2v) is 4.73. The van der Waals surface area contributed by atoms with Crippen LogP contribution in [-0.2, 0) is 7.05 Å². The number of oxazole rings is 1. The van der Waals surface area contributed by atoms with E-state index in [1.165, 1.54) is 4.57 Å². The molecule has 0 saturated carbocycles. The number of nitrogens with zero attached hydrogens (tertiary/aromatic N) is 2. The third-order valence-corrected chi connectivity index (χ3v) is 3.42. The minimum absolute atomic E-state index is 0.358. The van der Waals surface area contributed by atoms with Gasteiger partial charge in [-0.25, -0.2) is 4.79 Å². The standard InChI is InChI=1S/C15H15N3O2/c1-17(11-5-3-4-10(16)8-11)12-6-7-13-14(9-12)20-15(19)18(13)2/h3-9H,16H2,1-2H3. The molecule has 3 aromatic rings. The van der Waals surface area contributed by atoms with E-state index in [0.717, 1.165) is 16.9 Å². The van der Waals surface area contributed by atoms with E-state index in [2.05, 4.69) is 0 Å². The van der Waals surface area contributed by atoms with E-state index in [0.29, 0.717) is 11.3 Å². The van der Waals surface area contributed by atoms with Gasteiger partial charge in [0, 0.05) is 37.2 Å². The summed E-state index contributed by atoms with van der Waals surface area (Å²) in [5.41, 5.74) is 9.76. The molecule has 0 fully saturated rings. The molecule has 0 unspecified atom stereocenters. The number of benzene rings is 2. The second-order valence-electron chi connectivity index (χ2n) is 4.73. The first-order valence-corrected chi connectivity index (χ1v) is 6.25. The average Bonchev–Trinajstić information content (AvgIpc) is 2.73. The highest BCUT2D eigenvalue weighted by molar-refractivity contribution is 5.80. The van der Waals surface area contributed by atoms with Gasteiger partial charge in [-0.3, -0.25) is 4.57 Å². The minimum atomic E-state index is -0.358. The monoisotopic (exact) mass is 269 g/mol. The Labute approximate surface area is 115 Å². The molecule has 0 bridgehead atoms. The fourth-order valence-corrected chi connectivity index (χ4v) is 2.21. The van der Waals surface area contributed by atoms with Crippen LogP contribution in [0.15, 0.2) is 51.7 Å². The molecule has 0 amide bonds. The molecular formula is C15H15N3O2. The third kappa shape index (κ3) is 1.93. The molecule has 1 aromatic heterocycles. The molecule has 1 heterocycles. The lowest BCUT2D eigenvalue weighted by molar-refractivity contribution is 0.528. The van der Waals surface area contributed by atoms with Gasteiger partial charge in [-0.2, -0.15) is 0 Å². The van der Waals surface area contributed by atoms with E-state index in [4.69, 9.17) is 10.2 Å². The molecule has 2 N–H and O–H groups in total. The Morgan fingerprint density at radius 1 is 1.15 bits per heavy atom. The molecular weight excluding hydrogens is 254 g/mol. The van der Waals surface area contributed by atoms with Crippen molar-refractivity contribution in [1.29, 1.82) is 0 Å². The van der Waals surface area contributed by atoms with E-state index in [-0.39, 0.29) is 5.76 Å². The molecule has 0 aliphatic rings. The number of anilines is 3. The predicted molar refractivity (Wildman–Crippen MR) is 80.4 cm³/mol. The Morgan fingerprint density at radius 3 is 2.65 bits per heavy atom. The Balaban J connectivity index is 2.08. The molecule has 0 aliphatic carbocycles. The summed E-state index contributed by atoms with van der Waals surface area (Å²) in [7, 11) is 3.63. The number of nitrogen functional groups attached to an aromatic ring is 1. The van der Waals surface area contributed by atoms with Gasteiger partial charge in [-0.15, -0.1) is 0 Å². The van der Waals surface area contributed by atoms with Crippen LogP contribution in [0.3, 0.4) is 0 Å². The zero-order valence-corrected chi connectivity index (χ0v) is 11.3. The molecule has 0 radical (unpaired) electrons. The number of aromatic nitrogens is 1. The van der Waals surface area contributed by atoms with E-state index in [1.54, 1.807) is 7.05 Å². The van der Waals surface area contributed by atoms with Gasteiger partial charge < -0.3 is 15.1 Å². The summed E-state index contributed by atoms with van der Waals surface area (Å²) >= 11 is 0. The lowest BCUT2D eigenvalue weighted by atomic mass is 10.2. The van der Waals surface area contributed by atoms with Crippen LogP contribution < -0.4 is 16.4 Å². The first-order chi connectivity index (χ1) is 9.56. The predicted octanol–water partition coefficient (Wildman–Crippen LogP) is 2.48. The second kappa shape index (κ2) is 4.45. The molecule has 5 nitrogen and oxygen atoms in total. The first-order valence-electron chi connectivity index (χ1n) is 6.25. The van der Waals surface area contributed by atoms with Gasteiger partial charge in [0.1, 0.15) is 0 Å². The topological polar surface area (TPSA) is 64.4 Å². The zero-order chi connectivity index (χ0) is 14.3. The lowest BCUT2D eigenvalue weighted by Gasteiger charge is -2.19. The number of hydrogen-bond acceptors (Lipinski definition) is 4. The summed E-state index contributed by atoms with van der Waals surface area (Å²) in [5, 5.41) is 0. The molecule has 2 aromatic carbocycles. The summed E-state index contributed by atoms with van der Waals surface area (Å²) in [6.07, 6.45) is 0.